The second kappa shape index (κ2) is 5.45. The molecule has 0 saturated carbocycles. The van der Waals surface area contributed by atoms with E-state index < -0.39 is 11.7 Å². The number of methoxy groups -OCH3 is 1. The van der Waals surface area contributed by atoms with Crippen molar-refractivity contribution in [3.8, 4) is 17.6 Å². The molecule has 22 heavy (non-hydrogen) atoms. The molecule has 1 N–H and O–H groups in total. The Balaban J connectivity index is 2.17. The summed E-state index contributed by atoms with van der Waals surface area (Å²) in [6.07, 6.45) is 1.61. The highest BCUT2D eigenvalue weighted by molar-refractivity contribution is 5.55. The average Bonchev–Trinajstić information content (AvgIpc) is 3.01. The molecule has 5 heteroatoms. The van der Waals surface area contributed by atoms with E-state index >= 15 is 0 Å². The maximum Gasteiger partial charge on any atom is 0.167 e. The Kier molecular flexibility index (Phi) is 3.75. The van der Waals surface area contributed by atoms with Crippen LogP contribution < -0.4 is 9.47 Å². The summed E-state index contributed by atoms with van der Waals surface area (Å²) in [6.45, 7) is 5.69. The van der Waals surface area contributed by atoms with Crippen LogP contribution in [-0.4, -0.2) is 41.9 Å². The van der Waals surface area contributed by atoms with Gasteiger partial charge in [-0.25, -0.2) is 0 Å². The first kappa shape index (κ1) is 15.1. The van der Waals surface area contributed by atoms with Gasteiger partial charge in [0.25, 0.3) is 0 Å². The lowest BCUT2D eigenvalue weighted by atomic mass is 9.85. The van der Waals surface area contributed by atoms with Crippen LogP contribution in [0.15, 0.2) is 12.1 Å². The predicted molar refractivity (Wildman–Crippen MR) is 82.0 cm³/mol. The minimum absolute atomic E-state index is 0.163. The third kappa shape index (κ3) is 2.33. The van der Waals surface area contributed by atoms with E-state index in [2.05, 4.69) is 11.0 Å². The third-order valence-electron chi connectivity index (χ3n) is 4.66. The van der Waals surface area contributed by atoms with Gasteiger partial charge in [-0.3, -0.25) is 4.90 Å². The van der Waals surface area contributed by atoms with Gasteiger partial charge in [0.1, 0.15) is 11.7 Å². The van der Waals surface area contributed by atoms with E-state index in [1.807, 2.05) is 19.9 Å². The lowest BCUT2D eigenvalue weighted by Crippen LogP contribution is -2.53. The van der Waals surface area contributed by atoms with Gasteiger partial charge in [0.15, 0.2) is 11.5 Å². The molecule has 2 atom stereocenters. The molecule has 1 aromatic rings. The summed E-state index contributed by atoms with van der Waals surface area (Å²) in [5, 5.41) is 20.1. The van der Waals surface area contributed by atoms with E-state index in [9.17, 15) is 10.4 Å². The number of rotatable bonds is 2. The number of hydrogen-bond donors (Lipinski definition) is 1. The van der Waals surface area contributed by atoms with Crippen molar-refractivity contribution >= 4 is 0 Å². The van der Waals surface area contributed by atoms with Crippen LogP contribution >= 0.6 is 0 Å². The Bertz CT molecular complexity index is 615. The maximum atomic E-state index is 10.8. The van der Waals surface area contributed by atoms with Crippen molar-refractivity contribution in [1.29, 1.82) is 5.26 Å². The van der Waals surface area contributed by atoms with Gasteiger partial charge in [-0.05, 0) is 45.8 Å². The van der Waals surface area contributed by atoms with Crippen LogP contribution in [0.25, 0.3) is 0 Å². The zero-order valence-electron chi connectivity index (χ0n) is 13.3. The second-order valence-corrected chi connectivity index (χ2v) is 6.55. The van der Waals surface area contributed by atoms with Gasteiger partial charge in [0, 0.05) is 11.6 Å². The topological polar surface area (TPSA) is 65.7 Å². The molecule has 2 heterocycles. The Morgan fingerprint density at radius 2 is 2.05 bits per heavy atom. The summed E-state index contributed by atoms with van der Waals surface area (Å²) in [5.74, 6) is 1.20. The Morgan fingerprint density at radius 3 is 2.64 bits per heavy atom. The van der Waals surface area contributed by atoms with Crippen LogP contribution in [0, 0.1) is 11.3 Å². The lowest BCUT2D eigenvalue weighted by molar-refractivity contribution is -0.0905. The van der Waals surface area contributed by atoms with Gasteiger partial charge >= 0.3 is 0 Å². The highest BCUT2D eigenvalue weighted by atomic mass is 16.5. The standard InChI is InChI=1S/C17H22N2O3/c1-17(2)16(20)14(19-6-4-5-7-19)12-8-11(10-18)9-13(21-3)15(12)22-17/h8-9,14,16,20H,4-7H2,1-3H3/t14-,16+/m1/s1. The third-order valence-corrected chi connectivity index (χ3v) is 4.66. The number of benzene rings is 1. The quantitative estimate of drug-likeness (QED) is 0.907. The molecule has 1 fully saturated rings. The van der Waals surface area contributed by atoms with Gasteiger partial charge in [-0.15, -0.1) is 0 Å². The number of ether oxygens (including phenoxy) is 2. The first-order valence-electron chi connectivity index (χ1n) is 7.71. The van der Waals surface area contributed by atoms with Crippen molar-refractivity contribution in [3.63, 3.8) is 0 Å². The molecular weight excluding hydrogens is 280 g/mol. The first-order chi connectivity index (χ1) is 10.5. The molecule has 0 amide bonds. The average molecular weight is 302 g/mol. The molecule has 2 aliphatic rings. The van der Waals surface area contributed by atoms with Crippen LogP contribution in [0.3, 0.4) is 0 Å². The molecule has 5 nitrogen and oxygen atoms in total. The molecular formula is C17H22N2O3. The molecule has 118 valence electrons. The van der Waals surface area contributed by atoms with Crippen molar-refractivity contribution in [3.05, 3.63) is 23.3 Å². The highest BCUT2D eigenvalue weighted by Gasteiger charge is 2.47. The number of nitrogens with zero attached hydrogens (tertiary/aromatic N) is 2. The monoisotopic (exact) mass is 302 g/mol. The van der Waals surface area contributed by atoms with Crippen molar-refractivity contribution in [2.75, 3.05) is 20.2 Å². The lowest BCUT2D eigenvalue weighted by Gasteiger charge is -2.45. The number of hydrogen-bond acceptors (Lipinski definition) is 5. The molecule has 0 spiro atoms. The van der Waals surface area contributed by atoms with Crippen molar-refractivity contribution in [1.82, 2.24) is 4.90 Å². The fourth-order valence-corrected chi connectivity index (χ4v) is 3.46. The van der Waals surface area contributed by atoms with E-state index in [1.165, 1.54) is 0 Å². The van der Waals surface area contributed by atoms with E-state index in [4.69, 9.17) is 9.47 Å². The van der Waals surface area contributed by atoms with Gasteiger partial charge in [0.05, 0.1) is 24.8 Å². The molecule has 1 aromatic carbocycles. The molecule has 0 aliphatic carbocycles. The molecule has 0 radical (unpaired) electrons. The minimum atomic E-state index is -0.707. The molecule has 0 bridgehead atoms. The summed E-state index contributed by atoms with van der Waals surface area (Å²) >= 11 is 0. The normalized spacial score (nSPS) is 26.9. The molecule has 2 aliphatic heterocycles. The second-order valence-electron chi connectivity index (χ2n) is 6.55. The summed E-state index contributed by atoms with van der Waals surface area (Å²) < 4.78 is 11.5. The molecule has 0 aromatic heterocycles. The number of fused-ring (bicyclic) bond motifs is 1. The number of likely N-dealkylation sites (tertiary alicyclic amines) is 1. The minimum Gasteiger partial charge on any atom is -0.493 e. The van der Waals surface area contributed by atoms with Crippen LogP contribution in [-0.2, 0) is 0 Å². The van der Waals surface area contributed by atoms with Gasteiger partial charge in [-0.2, -0.15) is 5.26 Å². The fraction of sp³-hybridized carbons (Fsp3) is 0.588. The van der Waals surface area contributed by atoms with E-state index in [-0.39, 0.29) is 6.04 Å². The Labute approximate surface area is 131 Å². The predicted octanol–water partition coefficient (Wildman–Crippen LogP) is 2.24. The highest BCUT2D eigenvalue weighted by Crippen LogP contribution is 2.48. The number of aliphatic hydroxyl groups excluding tert-OH is 1. The van der Waals surface area contributed by atoms with Crippen molar-refractivity contribution in [2.24, 2.45) is 0 Å². The number of nitriles is 1. The SMILES string of the molecule is COc1cc(C#N)cc2c1OC(C)(C)[C@@H](O)[C@@H]2N1CCCC1. The molecule has 0 unspecified atom stereocenters. The van der Waals surface area contributed by atoms with Crippen LogP contribution in [0.2, 0.25) is 0 Å². The van der Waals surface area contributed by atoms with Crippen molar-refractivity contribution in [2.45, 2.75) is 44.4 Å². The summed E-state index contributed by atoms with van der Waals surface area (Å²) in [7, 11) is 1.57. The first-order valence-corrected chi connectivity index (χ1v) is 7.71. The zero-order chi connectivity index (χ0) is 15.9. The van der Waals surface area contributed by atoms with E-state index in [0.717, 1.165) is 31.5 Å². The van der Waals surface area contributed by atoms with Crippen LogP contribution in [0.5, 0.6) is 11.5 Å². The molecule has 1 saturated heterocycles. The van der Waals surface area contributed by atoms with E-state index in [0.29, 0.717) is 17.1 Å². The summed E-state index contributed by atoms with van der Waals surface area (Å²) in [5.41, 5.74) is 0.668. The smallest absolute Gasteiger partial charge is 0.167 e. The van der Waals surface area contributed by atoms with Gasteiger partial charge < -0.3 is 14.6 Å². The maximum absolute atomic E-state index is 10.8. The molecule has 3 rings (SSSR count). The zero-order valence-corrected chi connectivity index (χ0v) is 13.3. The summed E-state index contributed by atoms with van der Waals surface area (Å²) in [4.78, 5) is 2.29. The Hall–Kier alpha value is -1.77. The van der Waals surface area contributed by atoms with Gasteiger partial charge in [-0.1, -0.05) is 0 Å². The van der Waals surface area contributed by atoms with Crippen molar-refractivity contribution < 1.29 is 14.6 Å². The van der Waals surface area contributed by atoms with Gasteiger partial charge in [0.2, 0.25) is 0 Å². The van der Waals surface area contributed by atoms with E-state index in [1.54, 1.807) is 13.2 Å². The largest absolute Gasteiger partial charge is 0.493 e. The summed E-state index contributed by atoms with van der Waals surface area (Å²) in [6, 6.07) is 5.51. The fourth-order valence-electron chi connectivity index (χ4n) is 3.46. The van der Waals surface area contributed by atoms with Crippen LogP contribution in [0.1, 0.15) is 43.9 Å². The van der Waals surface area contributed by atoms with Crippen LogP contribution in [0.4, 0.5) is 0 Å². The Morgan fingerprint density at radius 1 is 1.36 bits per heavy atom. The number of aliphatic hydroxyl groups is 1.